The zero-order valence-electron chi connectivity index (χ0n) is 12.9. The molecule has 0 aromatic carbocycles. The third kappa shape index (κ3) is 6.12. The van der Waals surface area contributed by atoms with Crippen LogP contribution in [0.15, 0.2) is 0 Å². The number of carboxylic acids is 1. The van der Waals surface area contributed by atoms with Crippen LogP contribution >= 0.6 is 0 Å². The number of amides is 3. The molecule has 0 bridgehead atoms. The summed E-state index contributed by atoms with van der Waals surface area (Å²) < 4.78 is 0. The highest BCUT2D eigenvalue weighted by Gasteiger charge is 2.30. The van der Waals surface area contributed by atoms with E-state index in [0.29, 0.717) is 12.5 Å². The van der Waals surface area contributed by atoms with Crippen molar-refractivity contribution in [1.29, 1.82) is 0 Å². The lowest BCUT2D eigenvalue weighted by atomic mass is 9.89. The molecule has 1 fully saturated rings. The van der Waals surface area contributed by atoms with Crippen LogP contribution in [-0.2, 0) is 9.59 Å². The molecule has 1 aliphatic heterocycles. The lowest BCUT2D eigenvalue weighted by molar-refractivity contribution is -0.149. The Bertz CT molecular complexity index is 401. The van der Waals surface area contributed by atoms with E-state index in [1.807, 2.05) is 0 Å². The average Bonchev–Trinajstić information content (AvgIpc) is 2.37. The van der Waals surface area contributed by atoms with Gasteiger partial charge in [0.15, 0.2) is 0 Å². The molecule has 1 saturated heterocycles. The van der Waals surface area contributed by atoms with Gasteiger partial charge in [-0.15, -0.1) is 0 Å². The van der Waals surface area contributed by atoms with Gasteiger partial charge in [-0.3, -0.25) is 14.9 Å². The van der Waals surface area contributed by atoms with E-state index in [1.165, 1.54) is 13.8 Å². The van der Waals surface area contributed by atoms with Gasteiger partial charge in [-0.2, -0.15) is 0 Å². The summed E-state index contributed by atoms with van der Waals surface area (Å²) in [5, 5.41) is 13.8. The van der Waals surface area contributed by atoms with Gasteiger partial charge >= 0.3 is 12.0 Å². The Balaban J connectivity index is 2.27. The van der Waals surface area contributed by atoms with E-state index in [1.54, 1.807) is 0 Å². The number of aliphatic carboxylic acids is 1. The fourth-order valence-electron chi connectivity index (χ4n) is 2.20. The van der Waals surface area contributed by atoms with Crippen LogP contribution in [0.1, 0.15) is 33.1 Å². The first-order chi connectivity index (χ1) is 9.70. The van der Waals surface area contributed by atoms with Crippen molar-refractivity contribution in [2.24, 2.45) is 11.3 Å². The molecule has 7 heteroatoms. The maximum Gasteiger partial charge on any atom is 0.321 e. The van der Waals surface area contributed by atoms with Gasteiger partial charge in [-0.25, -0.2) is 4.79 Å². The van der Waals surface area contributed by atoms with Crippen LogP contribution in [0, 0.1) is 11.3 Å². The predicted octanol–water partition coefficient (Wildman–Crippen LogP) is 0.655. The summed E-state index contributed by atoms with van der Waals surface area (Å²) in [7, 11) is 2.07. The molecule has 0 radical (unpaired) electrons. The predicted molar refractivity (Wildman–Crippen MR) is 77.8 cm³/mol. The van der Waals surface area contributed by atoms with Gasteiger partial charge in [0.2, 0.25) is 5.91 Å². The Hall–Kier alpha value is -1.63. The van der Waals surface area contributed by atoms with Crippen LogP contribution in [0.5, 0.6) is 0 Å². The van der Waals surface area contributed by atoms with Crippen molar-refractivity contribution in [3.05, 3.63) is 0 Å². The van der Waals surface area contributed by atoms with Crippen molar-refractivity contribution >= 4 is 17.9 Å². The van der Waals surface area contributed by atoms with Crippen LogP contribution < -0.4 is 10.6 Å². The number of hydrogen-bond acceptors (Lipinski definition) is 4. The molecule has 3 amide bonds. The van der Waals surface area contributed by atoms with Crippen molar-refractivity contribution in [2.45, 2.75) is 33.1 Å². The standard InChI is InChI=1S/C14H25N3O4/c1-14(2,12(19)20)8-11(18)16-13(21)15-9-10-4-6-17(3)7-5-10/h10H,4-9H2,1-3H3,(H,19,20)(H2,15,16,18,21). The molecule has 0 spiro atoms. The summed E-state index contributed by atoms with van der Waals surface area (Å²) in [5.74, 6) is -1.22. The van der Waals surface area contributed by atoms with Crippen LogP contribution in [0.4, 0.5) is 4.79 Å². The quantitative estimate of drug-likeness (QED) is 0.692. The third-order valence-corrected chi connectivity index (χ3v) is 3.82. The van der Waals surface area contributed by atoms with Crippen molar-refractivity contribution in [3.63, 3.8) is 0 Å². The number of carbonyl (C=O) groups is 3. The molecule has 1 aliphatic rings. The first kappa shape index (κ1) is 17.4. The molecule has 1 heterocycles. The lowest BCUT2D eigenvalue weighted by Gasteiger charge is -2.28. The fourth-order valence-corrected chi connectivity index (χ4v) is 2.20. The Kier molecular flexibility index (Phi) is 6.14. The molecule has 0 unspecified atom stereocenters. The largest absolute Gasteiger partial charge is 0.481 e. The van der Waals surface area contributed by atoms with E-state index in [-0.39, 0.29) is 6.42 Å². The Morgan fingerprint density at radius 3 is 2.33 bits per heavy atom. The van der Waals surface area contributed by atoms with Gasteiger partial charge in [-0.05, 0) is 52.7 Å². The number of imide groups is 1. The minimum absolute atomic E-state index is 0.232. The van der Waals surface area contributed by atoms with E-state index in [2.05, 4.69) is 22.6 Å². The van der Waals surface area contributed by atoms with Crippen LogP contribution in [0.3, 0.4) is 0 Å². The maximum absolute atomic E-state index is 11.6. The van der Waals surface area contributed by atoms with Crippen LogP contribution in [0.2, 0.25) is 0 Å². The van der Waals surface area contributed by atoms with Crippen LogP contribution in [-0.4, -0.2) is 54.6 Å². The molecule has 1 rings (SSSR count). The molecule has 120 valence electrons. The Morgan fingerprint density at radius 1 is 1.24 bits per heavy atom. The van der Waals surface area contributed by atoms with E-state index < -0.39 is 23.3 Å². The summed E-state index contributed by atoms with van der Waals surface area (Å²) >= 11 is 0. The van der Waals surface area contributed by atoms with E-state index in [4.69, 9.17) is 5.11 Å². The molecule has 3 N–H and O–H groups in total. The summed E-state index contributed by atoms with van der Waals surface area (Å²) in [6, 6.07) is -0.555. The van der Waals surface area contributed by atoms with Crippen LogP contribution in [0.25, 0.3) is 0 Å². The van der Waals surface area contributed by atoms with Gasteiger partial charge in [0.05, 0.1) is 5.41 Å². The van der Waals surface area contributed by atoms with E-state index in [0.717, 1.165) is 25.9 Å². The topological polar surface area (TPSA) is 98.7 Å². The second-order valence-electron chi connectivity index (χ2n) is 6.37. The molecule has 21 heavy (non-hydrogen) atoms. The lowest BCUT2D eigenvalue weighted by Crippen LogP contribution is -2.44. The highest BCUT2D eigenvalue weighted by molar-refractivity contribution is 5.96. The fraction of sp³-hybridized carbons (Fsp3) is 0.786. The second-order valence-corrected chi connectivity index (χ2v) is 6.37. The molecule has 0 aromatic heterocycles. The molecule has 0 aromatic rings. The molecule has 0 atom stereocenters. The number of carboxylic acid groups (broad SMARTS) is 1. The summed E-state index contributed by atoms with van der Waals surface area (Å²) in [4.78, 5) is 36.4. The Labute approximate surface area is 125 Å². The normalized spacial score (nSPS) is 17.3. The molecular weight excluding hydrogens is 274 g/mol. The number of rotatable bonds is 5. The zero-order valence-corrected chi connectivity index (χ0v) is 12.9. The SMILES string of the molecule is CN1CCC(CNC(=O)NC(=O)CC(C)(C)C(=O)O)CC1. The highest BCUT2D eigenvalue weighted by atomic mass is 16.4. The number of hydrogen-bond donors (Lipinski definition) is 3. The van der Waals surface area contributed by atoms with Crippen molar-refractivity contribution in [1.82, 2.24) is 15.5 Å². The maximum atomic E-state index is 11.6. The van der Waals surface area contributed by atoms with Crippen molar-refractivity contribution in [2.75, 3.05) is 26.7 Å². The summed E-state index contributed by atoms with van der Waals surface area (Å²) in [6.45, 7) is 5.46. The van der Waals surface area contributed by atoms with Gasteiger partial charge < -0.3 is 15.3 Å². The van der Waals surface area contributed by atoms with Crippen molar-refractivity contribution < 1.29 is 19.5 Å². The number of carbonyl (C=O) groups excluding carboxylic acids is 2. The summed E-state index contributed by atoms with van der Waals surface area (Å²) in [6.07, 6.45) is 1.82. The van der Waals surface area contributed by atoms with E-state index in [9.17, 15) is 14.4 Å². The minimum atomic E-state index is -1.18. The number of urea groups is 1. The number of nitrogens with zero attached hydrogens (tertiary/aromatic N) is 1. The average molecular weight is 299 g/mol. The molecule has 0 aliphatic carbocycles. The van der Waals surface area contributed by atoms with Gasteiger partial charge in [-0.1, -0.05) is 0 Å². The highest BCUT2D eigenvalue weighted by Crippen LogP contribution is 2.20. The van der Waals surface area contributed by atoms with Gasteiger partial charge in [0.25, 0.3) is 0 Å². The van der Waals surface area contributed by atoms with Gasteiger partial charge in [0, 0.05) is 13.0 Å². The molecule has 0 saturated carbocycles. The number of piperidine rings is 1. The number of likely N-dealkylation sites (tertiary alicyclic amines) is 1. The first-order valence-electron chi connectivity index (χ1n) is 7.20. The molecular formula is C14H25N3O4. The smallest absolute Gasteiger partial charge is 0.321 e. The van der Waals surface area contributed by atoms with Gasteiger partial charge in [0.1, 0.15) is 0 Å². The Morgan fingerprint density at radius 2 is 1.81 bits per heavy atom. The first-order valence-corrected chi connectivity index (χ1v) is 7.20. The van der Waals surface area contributed by atoms with Crippen molar-refractivity contribution in [3.8, 4) is 0 Å². The monoisotopic (exact) mass is 299 g/mol. The third-order valence-electron chi connectivity index (χ3n) is 3.82. The summed E-state index contributed by atoms with van der Waals surface area (Å²) in [5.41, 5.74) is -1.18. The minimum Gasteiger partial charge on any atom is -0.481 e. The zero-order chi connectivity index (χ0) is 16.0. The second kappa shape index (κ2) is 7.40. The number of nitrogens with one attached hydrogen (secondary N) is 2. The van der Waals surface area contributed by atoms with E-state index >= 15 is 0 Å². The molecule has 7 nitrogen and oxygen atoms in total.